The number of H-pyrrole nitrogens is 2. The van der Waals surface area contributed by atoms with Crippen molar-refractivity contribution in [1.82, 2.24) is 99.6 Å². The van der Waals surface area contributed by atoms with Gasteiger partial charge in [-0.15, -0.1) is 0 Å². The number of hydrogen-bond acceptors (Lipinski definition) is 26. The average molecular weight is 1950 g/mol. The number of hydrogen-bond donors (Lipinski definition) is 25. The Morgan fingerprint density at radius 3 is 1.42 bits per heavy atom. The van der Waals surface area contributed by atoms with Crippen LogP contribution in [0, 0.1) is 11.3 Å². The molecule has 0 unspecified atom stereocenters. The molecule has 43 nitrogen and oxygen atoms in total. The summed E-state index contributed by atoms with van der Waals surface area (Å²) in [6.07, 6.45) is 9.81. The third-order valence-corrected chi connectivity index (χ3v) is 24.7. The van der Waals surface area contributed by atoms with Crippen LogP contribution in [0.1, 0.15) is 133 Å². The van der Waals surface area contributed by atoms with Crippen LogP contribution in [0.25, 0.3) is 10.9 Å². The summed E-state index contributed by atoms with van der Waals surface area (Å²) in [6, 6.07) is 4.79. The van der Waals surface area contributed by atoms with Crippen molar-refractivity contribution >= 4 is 147 Å². The van der Waals surface area contributed by atoms with E-state index in [2.05, 4.69) is 89.4 Å². The van der Waals surface area contributed by atoms with Gasteiger partial charge >= 0.3 is 5.97 Å². The lowest BCUT2D eigenvalue weighted by Gasteiger charge is -2.31. The van der Waals surface area contributed by atoms with E-state index in [0.29, 0.717) is 89.9 Å². The van der Waals surface area contributed by atoms with Crippen molar-refractivity contribution in [3.8, 4) is 0 Å². The van der Waals surface area contributed by atoms with Crippen molar-refractivity contribution < 1.29 is 92.0 Å². The molecule has 1 aliphatic rings. The molecule has 5 aromatic rings. The summed E-state index contributed by atoms with van der Waals surface area (Å²) in [7, 11) is 0. The van der Waals surface area contributed by atoms with Gasteiger partial charge in [0.05, 0.1) is 31.6 Å². The number of aliphatic hydroxyl groups is 2. The molecular weight excluding hydrogens is 1820 g/mol. The van der Waals surface area contributed by atoms with Gasteiger partial charge in [-0.3, -0.25) is 82.1 Å². The predicted molar refractivity (Wildman–Crippen MR) is 516 cm³/mol. The van der Waals surface area contributed by atoms with Crippen LogP contribution in [0.15, 0.2) is 104 Å². The maximum Gasteiger partial charge on any atom is 0.322 e. The van der Waals surface area contributed by atoms with Crippen molar-refractivity contribution in [1.29, 1.82) is 5.41 Å². The number of para-hydroxylation sites is 1. The fourth-order valence-electron chi connectivity index (χ4n) is 14.9. The first-order valence-corrected chi connectivity index (χ1v) is 49.7. The van der Waals surface area contributed by atoms with Crippen molar-refractivity contribution in [3.63, 3.8) is 0 Å². The number of unbranched alkanes of at least 4 members (excludes halogenated alkanes) is 2. The number of aromatic amines is 2. The van der Waals surface area contributed by atoms with Crippen LogP contribution in [0.3, 0.4) is 0 Å². The number of carbonyl (C=O) groups is 16. The predicted octanol–water partition coefficient (Wildman–Crippen LogP) is -3.19. The Kier molecular flexibility index (Phi) is 50.2. The first-order chi connectivity index (χ1) is 65.2. The summed E-state index contributed by atoms with van der Waals surface area (Å²) in [6.45, 7) is 2.76. The summed E-state index contributed by atoms with van der Waals surface area (Å²) >= 11 is 4.12. The summed E-state index contributed by atoms with van der Waals surface area (Å²) in [5.74, 6) is -14.1. The summed E-state index contributed by atoms with van der Waals surface area (Å²) in [5.41, 5.74) is 26.5. The normalized spacial score (nSPS) is 15.6. The molecular formula is C90H136N24O19S3. The summed E-state index contributed by atoms with van der Waals surface area (Å²) in [4.78, 5) is 240. The highest BCUT2D eigenvalue weighted by molar-refractivity contribution is 7.99. The number of benzene rings is 3. The monoisotopic (exact) mass is 1950 g/mol. The minimum Gasteiger partial charge on any atom is -0.480 e. The number of nitrogens with one attached hydrogen (secondary N) is 18. The molecule has 136 heavy (non-hydrogen) atoms. The Bertz CT molecular complexity index is 4720. The lowest BCUT2D eigenvalue weighted by atomic mass is 9.96. The molecule has 2 aromatic heterocycles. The Morgan fingerprint density at radius 2 is 0.941 bits per heavy atom. The minimum atomic E-state index is -1.80. The fourth-order valence-corrected chi connectivity index (χ4v) is 16.4. The third kappa shape index (κ3) is 38.3. The van der Waals surface area contributed by atoms with E-state index in [0.717, 1.165) is 0 Å². The quantitative estimate of drug-likeness (QED) is 0.0104. The molecule has 3 heterocycles. The van der Waals surface area contributed by atoms with Gasteiger partial charge in [-0.05, 0) is 168 Å². The summed E-state index contributed by atoms with van der Waals surface area (Å²) < 4.78 is 0. The number of nitrogens with two attached hydrogens (primary N) is 4. The number of guanidine groups is 1. The van der Waals surface area contributed by atoms with Crippen LogP contribution in [-0.2, 0) is 102 Å². The number of nitrogens with zero attached hydrogens (tertiary/aromatic N) is 2. The number of imidazole rings is 1. The lowest BCUT2D eigenvalue weighted by molar-refractivity contribution is -0.141. The molecule has 0 bridgehead atoms. The van der Waals surface area contributed by atoms with Gasteiger partial charge < -0.3 is 133 Å². The zero-order valence-electron chi connectivity index (χ0n) is 77.7. The Balaban J connectivity index is 1.27. The number of aromatic nitrogens is 3. The van der Waals surface area contributed by atoms with Crippen molar-refractivity contribution in [2.75, 3.05) is 81.9 Å². The van der Waals surface area contributed by atoms with E-state index >= 15 is 24.0 Å². The topological polar surface area (TPSA) is 690 Å². The molecule has 29 N–H and O–H groups in total. The fraction of sp³-hybridized carbons (Fsp3) is 0.556. The summed E-state index contributed by atoms with van der Waals surface area (Å²) in [5, 5.41) is 77.9. The molecule has 0 radical (unpaired) electrons. The standard InChI is InChI=1S/C90H136N24O19S3/c1-7-52(2)74(113-86(130)71-31-21-38-114(71)89(133)59(93)32-39-134-4)88(132)110-67(43-55-24-12-9-13-25-55)82(126)108-68(44-56-46-98-60-27-15-14-26-58(56)60)83(127)102-62(29-17-19-36-92)79(123)107-66(42-54-22-10-8-11-23-54)81(125)109-69(45-57-47-96-51-101-57)84(128)103-63(30-20-37-97-90(94)95)78(122)106-65(34-41-136-6)80(124)111-70(50-115)85(129)104-61(28-16-18-35-91)77(121)105-64(33-40-135-5)76(120)99-48-72(117)112-75(53(3)116)87(131)100-49-73(118)119/h8-15,22-27,46-47,51-53,59,61-71,74-75,98,115-116H,7,16-21,28-45,48-50,91-93H2,1-6H3,(H,96,101)(H,99,120)(H,100,131)(H,102,127)(H,103,128)(H,104,129)(H,105,121)(H,106,122)(H,107,123)(H,108,126)(H,109,125)(H,110,132)(H,111,124)(H,112,117)(H,113,130)(H,118,119)(H4,94,95,97)/t52-,53+,59-,61-,62-,63-,64-,65-,66-,67-,68-,69-,70-,71-,74-,75-/m0/s1. The van der Waals surface area contributed by atoms with E-state index in [-0.39, 0.29) is 108 Å². The van der Waals surface area contributed by atoms with Crippen LogP contribution >= 0.6 is 35.3 Å². The van der Waals surface area contributed by atoms with Crippen LogP contribution < -0.4 is 103 Å². The minimum absolute atomic E-state index is 0.00988. The Morgan fingerprint density at radius 1 is 0.500 bits per heavy atom. The van der Waals surface area contributed by atoms with Crippen LogP contribution in [0.2, 0.25) is 0 Å². The number of carbonyl (C=O) groups excluding carboxylic acids is 15. The van der Waals surface area contributed by atoms with Crippen LogP contribution in [0.5, 0.6) is 0 Å². The molecule has 1 saturated heterocycles. The van der Waals surface area contributed by atoms with E-state index in [9.17, 15) is 63.0 Å². The van der Waals surface area contributed by atoms with Gasteiger partial charge in [0.25, 0.3) is 0 Å². The molecule has 0 aliphatic carbocycles. The highest BCUT2D eigenvalue weighted by Crippen LogP contribution is 2.24. The molecule has 1 aliphatic heterocycles. The van der Waals surface area contributed by atoms with Crippen molar-refractivity contribution in [2.45, 2.75) is 227 Å². The number of fused-ring (bicyclic) bond motifs is 1. The van der Waals surface area contributed by atoms with E-state index in [1.165, 1.54) is 59.6 Å². The molecule has 0 saturated carbocycles. The van der Waals surface area contributed by atoms with E-state index in [1.807, 2.05) is 36.7 Å². The highest BCUT2D eigenvalue weighted by Gasteiger charge is 2.42. The van der Waals surface area contributed by atoms with Crippen molar-refractivity contribution in [3.05, 3.63) is 126 Å². The number of likely N-dealkylation sites (tertiary alicyclic amines) is 1. The van der Waals surface area contributed by atoms with Gasteiger partial charge in [0.1, 0.15) is 85.1 Å². The average Bonchev–Trinajstić information content (AvgIpc) is 1.67. The Labute approximate surface area is 803 Å². The number of carboxylic acids is 1. The van der Waals surface area contributed by atoms with E-state index < -0.39 is 211 Å². The zero-order valence-corrected chi connectivity index (χ0v) is 80.1. The third-order valence-electron chi connectivity index (χ3n) is 22.8. The molecule has 15 amide bonds. The van der Waals surface area contributed by atoms with Gasteiger partial charge in [0.2, 0.25) is 88.6 Å². The van der Waals surface area contributed by atoms with Crippen molar-refractivity contribution in [2.24, 2.45) is 28.9 Å². The first-order valence-electron chi connectivity index (χ1n) is 45.5. The van der Waals surface area contributed by atoms with E-state index in [4.69, 9.17) is 33.5 Å². The van der Waals surface area contributed by atoms with Gasteiger partial charge in [0.15, 0.2) is 5.96 Å². The second-order valence-electron chi connectivity index (χ2n) is 33.2. The molecule has 6 rings (SSSR count). The largest absolute Gasteiger partial charge is 0.480 e. The number of rotatable bonds is 63. The lowest BCUT2D eigenvalue weighted by Crippen LogP contribution is -2.62. The number of carboxylic acid groups (broad SMARTS) is 1. The molecule has 0 spiro atoms. The number of aliphatic carboxylic acids is 1. The number of thioether (sulfide) groups is 3. The second-order valence-corrected chi connectivity index (χ2v) is 36.2. The highest BCUT2D eigenvalue weighted by atomic mass is 32.2. The maximum atomic E-state index is 15.5. The molecule has 748 valence electrons. The smallest absolute Gasteiger partial charge is 0.322 e. The molecule has 3 aromatic carbocycles. The van der Waals surface area contributed by atoms with Crippen LogP contribution in [-0.4, -0.2) is 308 Å². The molecule has 46 heteroatoms. The molecule has 16 atom stereocenters. The number of amides is 15. The molecule has 1 fully saturated rings. The van der Waals surface area contributed by atoms with E-state index in [1.54, 1.807) is 92.4 Å². The van der Waals surface area contributed by atoms with Gasteiger partial charge in [-0.2, -0.15) is 35.3 Å². The Hall–Kier alpha value is -11.9. The van der Waals surface area contributed by atoms with Gasteiger partial charge in [-0.25, -0.2) is 4.98 Å². The van der Waals surface area contributed by atoms with Gasteiger partial charge in [0, 0.05) is 67.8 Å². The number of aliphatic hydroxyl groups excluding tert-OH is 2. The van der Waals surface area contributed by atoms with Crippen LogP contribution in [0.4, 0.5) is 0 Å². The zero-order chi connectivity index (χ0) is 99.8. The SMILES string of the molecule is CC[C@H](C)[C@H](NC(=O)[C@@H]1CCCN1C(=O)[C@@H](N)CCSC)C(=O)N[C@@H](Cc1ccccc1)C(=O)N[C@@H](Cc1c[nH]c2ccccc12)C(=O)N[C@@H](CCCCN)C(=O)N[C@@H](Cc1ccccc1)C(=O)N[C@@H](Cc1cnc[nH]1)C(=O)N[C@@H](CCCNC(=N)N)C(=O)N[C@@H](CCSC)C(=O)N[C@@H](CO)C(=O)N[C@@H](CCCCN)C(=O)N[C@@H](CCSC)C(=O)NCC(=O)N[C@H](C(=O)NCC(=O)O)[C@@H](C)O. The first kappa shape index (κ1) is 113. The second kappa shape index (κ2) is 60.5. The maximum absolute atomic E-state index is 15.5. The van der Waals surface area contributed by atoms with Gasteiger partial charge in [-0.1, -0.05) is 99.1 Å².